The fourth-order valence-corrected chi connectivity index (χ4v) is 5.04. The standard InChI is InChI=1S/C32H33N7O/c1-22-18-26(21-38-14-16-39(17-15-38)29-10-6-27(7-11-29)24(3)40)19-23(2)31(22)36-30-12-13-34-32(37-30)35-28-8-4-25(20-33)5-9-28/h4-13,18-19H,14-17,21H2,1-3H3,(H2,34,35,36,37). The predicted molar refractivity (Wildman–Crippen MR) is 160 cm³/mol. The van der Waals surface area contributed by atoms with Gasteiger partial charge in [-0.2, -0.15) is 10.2 Å². The van der Waals surface area contributed by atoms with Crippen LogP contribution in [0.25, 0.3) is 0 Å². The fraction of sp³-hybridized carbons (Fsp3) is 0.250. The zero-order chi connectivity index (χ0) is 28.1. The van der Waals surface area contributed by atoms with Crippen LogP contribution in [0.5, 0.6) is 0 Å². The molecule has 8 nitrogen and oxygen atoms in total. The van der Waals surface area contributed by atoms with Gasteiger partial charge in [0.15, 0.2) is 5.78 Å². The van der Waals surface area contributed by atoms with E-state index in [4.69, 9.17) is 5.26 Å². The van der Waals surface area contributed by atoms with Crippen molar-refractivity contribution in [3.63, 3.8) is 0 Å². The molecule has 0 radical (unpaired) electrons. The Kier molecular flexibility index (Phi) is 8.04. The Bertz CT molecular complexity index is 1510. The molecule has 0 unspecified atom stereocenters. The van der Waals surface area contributed by atoms with Crippen molar-refractivity contribution < 1.29 is 4.79 Å². The number of hydrogen-bond acceptors (Lipinski definition) is 8. The minimum absolute atomic E-state index is 0.0988. The van der Waals surface area contributed by atoms with E-state index in [-0.39, 0.29) is 5.78 Å². The second kappa shape index (κ2) is 12.0. The average Bonchev–Trinajstić information content (AvgIpc) is 2.96. The van der Waals surface area contributed by atoms with E-state index in [0.29, 0.717) is 17.3 Å². The van der Waals surface area contributed by atoms with Gasteiger partial charge in [-0.05, 0) is 92.1 Å². The van der Waals surface area contributed by atoms with Gasteiger partial charge >= 0.3 is 0 Å². The van der Waals surface area contributed by atoms with Crippen molar-refractivity contribution in [1.29, 1.82) is 5.26 Å². The molecular formula is C32H33N7O. The Hall–Kier alpha value is -4.74. The first-order chi connectivity index (χ1) is 19.4. The van der Waals surface area contributed by atoms with E-state index in [0.717, 1.165) is 49.7 Å². The molecule has 1 aromatic heterocycles. The Balaban J connectivity index is 1.19. The maximum atomic E-state index is 11.6. The molecule has 2 heterocycles. The summed E-state index contributed by atoms with van der Waals surface area (Å²) >= 11 is 0. The SMILES string of the molecule is CC(=O)c1ccc(N2CCN(Cc3cc(C)c(Nc4ccnc(Nc5ccc(C#N)cc5)n4)c(C)c3)CC2)cc1. The Labute approximate surface area is 235 Å². The molecule has 0 bridgehead atoms. The molecule has 202 valence electrons. The van der Waals surface area contributed by atoms with Gasteiger partial charge in [0, 0.05) is 61.5 Å². The largest absolute Gasteiger partial charge is 0.369 e. The van der Waals surface area contributed by atoms with Gasteiger partial charge in [-0.3, -0.25) is 9.69 Å². The lowest BCUT2D eigenvalue weighted by molar-refractivity contribution is 0.101. The summed E-state index contributed by atoms with van der Waals surface area (Å²) in [5, 5.41) is 15.7. The summed E-state index contributed by atoms with van der Waals surface area (Å²) in [6.07, 6.45) is 1.72. The molecule has 1 aliphatic rings. The number of piperazine rings is 1. The summed E-state index contributed by atoms with van der Waals surface area (Å²) in [7, 11) is 0. The lowest BCUT2D eigenvalue weighted by Crippen LogP contribution is -2.46. The number of aromatic nitrogens is 2. The monoisotopic (exact) mass is 531 g/mol. The van der Waals surface area contributed by atoms with Gasteiger partial charge in [0.1, 0.15) is 5.82 Å². The lowest BCUT2D eigenvalue weighted by atomic mass is 10.0. The van der Waals surface area contributed by atoms with Crippen LogP contribution >= 0.6 is 0 Å². The number of nitrogens with one attached hydrogen (secondary N) is 2. The van der Waals surface area contributed by atoms with Crippen LogP contribution in [0.4, 0.5) is 28.8 Å². The van der Waals surface area contributed by atoms with Crippen molar-refractivity contribution in [3.05, 3.63) is 101 Å². The molecule has 3 aromatic carbocycles. The van der Waals surface area contributed by atoms with E-state index in [9.17, 15) is 4.79 Å². The third kappa shape index (κ3) is 6.45. The van der Waals surface area contributed by atoms with Gasteiger partial charge in [0.05, 0.1) is 11.6 Å². The summed E-state index contributed by atoms with van der Waals surface area (Å²) in [4.78, 5) is 25.4. The van der Waals surface area contributed by atoms with Gasteiger partial charge in [0.25, 0.3) is 0 Å². The van der Waals surface area contributed by atoms with Crippen LogP contribution in [-0.2, 0) is 6.54 Å². The number of ketones is 1. The van der Waals surface area contributed by atoms with Crippen molar-refractivity contribution in [2.24, 2.45) is 0 Å². The molecule has 1 fully saturated rings. The number of nitrogens with zero attached hydrogens (tertiary/aromatic N) is 5. The number of carbonyl (C=O) groups excluding carboxylic acids is 1. The minimum atomic E-state index is 0.0988. The number of benzene rings is 3. The molecule has 0 spiro atoms. The summed E-state index contributed by atoms with van der Waals surface area (Å²) in [6.45, 7) is 10.7. The number of Topliss-reactive ketones (excluding diaryl/α,β-unsaturated/α-hetero) is 1. The highest BCUT2D eigenvalue weighted by Crippen LogP contribution is 2.27. The van der Waals surface area contributed by atoms with E-state index in [2.05, 4.69) is 74.6 Å². The number of hydrogen-bond donors (Lipinski definition) is 2. The first-order valence-electron chi connectivity index (χ1n) is 13.4. The smallest absolute Gasteiger partial charge is 0.229 e. The van der Waals surface area contributed by atoms with Crippen molar-refractivity contribution in [3.8, 4) is 6.07 Å². The molecule has 2 N–H and O–H groups in total. The predicted octanol–water partition coefficient (Wildman–Crippen LogP) is 5.98. The molecule has 40 heavy (non-hydrogen) atoms. The first-order valence-corrected chi connectivity index (χ1v) is 13.4. The van der Waals surface area contributed by atoms with Crippen LogP contribution in [0.15, 0.2) is 72.9 Å². The van der Waals surface area contributed by atoms with Gasteiger partial charge in [0.2, 0.25) is 5.95 Å². The number of rotatable bonds is 8. The van der Waals surface area contributed by atoms with E-state index in [1.54, 1.807) is 25.3 Å². The van der Waals surface area contributed by atoms with Crippen molar-refractivity contribution in [2.75, 3.05) is 41.7 Å². The van der Waals surface area contributed by atoms with E-state index in [1.165, 1.54) is 22.4 Å². The number of anilines is 5. The second-order valence-corrected chi connectivity index (χ2v) is 10.2. The van der Waals surface area contributed by atoms with Gasteiger partial charge < -0.3 is 15.5 Å². The van der Waals surface area contributed by atoms with Gasteiger partial charge in [-0.15, -0.1) is 0 Å². The van der Waals surface area contributed by atoms with Crippen LogP contribution in [0.1, 0.15) is 39.5 Å². The third-order valence-corrected chi connectivity index (χ3v) is 7.19. The zero-order valence-corrected chi connectivity index (χ0v) is 23.1. The number of aryl methyl sites for hydroxylation is 2. The maximum Gasteiger partial charge on any atom is 0.229 e. The number of carbonyl (C=O) groups is 1. The highest BCUT2D eigenvalue weighted by Gasteiger charge is 2.18. The molecule has 0 aliphatic carbocycles. The zero-order valence-electron chi connectivity index (χ0n) is 23.1. The van der Waals surface area contributed by atoms with Crippen LogP contribution in [0.3, 0.4) is 0 Å². The summed E-state index contributed by atoms with van der Waals surface area (Å²) in [6, 6.07) is 23.6. The van der Waals surface area contributed by atoms with E-state index >= 15 is 0 Å². The molecule has 1 aliphatic heterocycles. The van der Waals surface area contributed by atoms with Gasteiger partial charge in [-0.1, -0.05) is 12.1 Å². The van der Waals surface area contributed by atoms with Crippen LogP contribution in [-0.4, -0.2) is 46.8 Å². The lowest BCUT2D eigenvalue weighted by Gasteiger charge is -2.36. The van der Waals surface area contributed by atoms with Crippen molar-refractivity contribution in [1.82, 2.24) is 14.9 Å². The summed E-state index contributed by atoms with van der Waals surface area (Å²) in [5.41, 5.74) is 8.03. The molecule has 0 saturated carbocycles. The van der Waals surface area contributed by atoms with Crippen molar-refractivity contribution in [2.45, 2.75) is 27.3 Å². The summed E-state index contributed by atoms with van der Waals surface area (Å²) in [5.74, 6) is 1.29. The molecule has 1 saturated heterocycles. The normalized spacial score (nSPS) is 13.5. The Morgan fingerprint density at radius 3 is 2.23 bits per heavy atom. The molecule has 5 rings (SSSR count). The van der Waals surface area contributed by atoms with E-state index < -0.39 is 0 Å². The second-order valence-electron chi connectivity index (χ2n) is 10.2. The van der Waals surface area contributed by atoms with Gasteiger partial charge in [-0.25, -0.2) is 4.98 Å². The topological polar surface area (TPSA) is 97.2 Å². The first kappa shape index (κ1) is 26.9. The third-order valence-electron chi connectivity index (χ3n) is 7.19. The number of nitriles is 1. The average molecular weight is 532 g/mol. The quantitative estimate of drug-likeness (QED) is 0.268. The van der Waals surface area contributed by atoms with Crippen LogP contribution < -0.4 is 15.5 Å². The molecule has 0 amide bonds. The minimum Gasteiger partial charge on any atom is -0.369 e. The molecule has 0 atom stereocenters. The van der Waals surface area contributed by atoms with Crippen molar-refractivity contribution >= 4 is 34.6 Å². The molecule has 4 aromatic rings. The van der Waals surface area contributed by atoms with Crippen LogP contribution in [0, 0.1) is 25.2 Å². The maximum absolute atomic E-state index is 11.6. The van der Waals surface area contributed by atoms with Crippen LogP contribution in [0.2, 0.25) is 0 Å². The summed E-state index contributed by atoms with van der Waals surface area (Å²) < 4.78 is 0. The highest BCUT2D eigenvalue weighted by atomic mass is 16.1. The molecular weight excluding hydrogens is 498 g/mol. The molecule has 8 heteroatoms. The fourth-order valence-electron chi connectivity index (χ4n) is 5.04. The Morgan fingerprint density at radius 2 is 1.60 bits per heavy atom. The Morgan fingerprint density at radius 1 is 0.925 bits per heavy atom. The van der Waals surface area contributed by atoms with E-state index in [1.807, 2.05) is 30.3 Å². The highest BCUT2D eigenvalue weighted by molar-refractivity contribution is 5.94.